The van der Waals surface area contributed by atoms with Crippen LogP contribution >= 0.6 is 11.3 Å². The molecule has 166 valence electrons. The SMILES string of the molecule is COc1nccnc1NS(=O)(=O)c1ccsc1C(=O)Nc1c(C)cc(C)c(CC#N)c1C. The zero-order valence-electron chi connectivity index (χ0n) is 17.9. The predicted octanol–water partition coefficient (Wildman–Crippen LogP) is 3.59. The predicted molar refractivity (Wildman–Crippen MR) is 122 cm³/mol. The summed E-state index contributed by atoms with van der Waals surface area (Å²) in [5, 5.41) is 13.5. The van der Waals surface area contributed by atoms with Crippen molar-refractivity contribution in [2.75, 3.05) is 17.1 Å². The van der Waals surface area contributed by atoms with Gasteiger partial charge in [-0.1, -0.05) is 6.07 Å². The number of ether oxygens (including phenoxy) is 1. The van der Waals surface area contributed by atoms with E-state index < -0.39 is 15.9 Å². The van der Waals surface area contributed by atoms with Crippen molar-refractivity contribution in [2.24, 2.45) is 0 Å². The summed E-state index contributed by atoms with van der Waals surface area (Å²) in [4.78, 5) is 20.8. The van der Waals surface area contributed by atoms with Crippen molar-refractivity contribution in [3.8, 4) is 11.9 Å². The molecular formula is C21H21N5O4S2. The summed E-state index contributed by atoms with van der Waals surface area (Å²) in [5.41, 5.74) is 3.95. The number of aryl methyl sites for hydroxylation is 2. The Labute approximate surface area is 190 Å². The van der Waals surface area contributed by atoms with Crippen LogP contribution in [0, 0.1) is 32.1 Å². The summed E-state index contributed by atoms with van der Waals surface area (Å²) in [6.07, 6.45) is 2.90. The van der Waals surface area contributed by atoms with E-state index in [2.05, 4.69) is 26.1 Å². The van der Waals surface area contributed by atoms with Gasteiger partial charge in [-0.05, 0) is 54.5 Å². The molecule has 0 spiro atoms. The second-order valence-corrected chi connectivity index (χ2v) is 9.48. The summed E-state index contributed by atoms with van der Waals surface area (Å²) < 4.78 is 33.3. The first kappa shape index (κ1) is 23.2. The number of nitriles is 1. The lowest BCUT2D eigenvalue weighted by atomic mass is 9.95. The maximum Gasteiger partial charge on any atom is 0.267 e. The first-order valence-electron chi connectivity index (χ1n) is 9.42. The second-order valence-electron chi connectivity index (χ2n) is 6.91. The number of nitrogens with zero attached hydrogens (tertiary/aromatic N) is 3. The average molecular weight is 472 g/mol. The van der Waals surface area contributed by atoms with Crippen molar-refractivity contribution in [3.63, 3.8) is 0 Å². The van der Waals surface area contributed by atoms with Crippen LogP contribution in [0.15, 0.2) is 34.8 Å². The van der Waals surface area contributed by atoms with E-state index in [0.717, 1.165) is 33.6 Å². The molecule has 3 aromatic rings. The first-order valence-corrected chi connectivity index (χ1v) is 11.8. The topological polar surface area (TPSA) is 134 Å². The Morgan fingerprint density at radius 1 is 1.22 bits per heavy atom. The van der Waals surface area contributed by atoms with E-state index in [4.69, 9.17) is 10.00 Å². The summed E-state index contributed by atoms with van der Waals surface area (Å²) in [5.74, 6) is -0.642. The maximum absolute atomic E-state index is 13.1. The third-order valence-corrected chi connectivity index (χ3v) is 7.26. The molecule has 32 heavy (non-hydrogen) atoms. The second kappa shape index (κ2) is 9.33. The largest absolute Gasteiger partial charge is 0.478 e. The molecule has 11 heteroatoms. The zero-order chi connectivity index (χ0) is 23.5. The molecule has 0 aliphatic rings. The minimum atomic E-state index is -4.14. The Hall–Kier alpha value is -3.49. The van der Waals surface area contributed by atoms with Crippen LogP contribution in [0.4, 0.5) is 11.5 Å². The third kappa shape index (κ3) is 4.56. The molecule has 0 atom stereocenters. The fourth-order valence-corrected chi connectivity index (χ4v) is 5.67. The third-order valence-electron chi connectivity index (χ3n) is 4.84. The van der Waals surface area contributed by atoms with Crippen LogP contribution in [-0.4, -0.2) is 31.4 Å². The van der Waals surface area contributed by atoms with Gasteiger partial charge in [0.25, 0.3) is 21.8 Å². The average Bonchev–Trinajstić information content (AvgIpc) is 3.25. The van der Waals surface area contributed by atoms with E-state index in [1.807, 2.05) is 26.8 Å². The van der Waals surface area contributed by atoms with Crippen LogP contribution in [0.5, 0.6) is 5.88 Å². The summed E-state index contributed by atoms with van der Waals surface area (Å²) in [6, 6.07) is 5.38. The number of hydrogen-bond acceptors (Lipinski definition) is 8. The van der Waals surface area contributed by atoms with Gasteiger partial charge in [-0.25, -0.2) is 18.4 Å². The van der Waals surface area contributed by atoms with Crippen molar-refractivity contribution >= 4 is 38.8 Å². The number of rotatable bonds is 7. The van der Waals surface area contributed by atoms with Gasteiger partial charge < -0.3 is 10.1 Å². The van der Waals surface area contributed by atoms with E-state index in [1.165, 1.54) is 30.9 Å². The molecule has 3 rings (SSSR count). The van der Waals surface area contributed by atoms with Gasteiger partial charge in [0.1, 0.15) is 9.77 Å². The molecule has 0 radical (unpaired) electrons. The van der Waals surface area contributed by atoms with Gasteiger partial charge in [0, 0.05) is 18.1 Å². The number of aromatic nitrogens is 2. The molecule has 0 bridgehead atoms. The highest BCUT2D eigenvalue weighted by molar-refractivity contribution is 7.93. The Morgan fingerprint density at radius 3 is 2.62 bits per heavy atom. The van der Waals surface area contributed by atoms with E-state index in [-0.39, 0.29) is 27.9 Å². The van der Waals surface area contributed by atoms with Crippen molar-refractivity contribution in [1.29, 1.82) is 5.26 Å². The fourth-order valence-electron chi connectivity index (χ4n) is 3.34. The van der Waals surface area contributed by atoms with Gasteiger partial charge >= 0.3 is 0 Å². The monoisotopic (exact) mass is 471 g/mol. The fraction of sp³-hybridized carbons (Fsp3) is 0.238. The van der Waals surface area contributed by atoms with E-state index >= 15 is 0 Å². The Balaban J connectivity index is 1.94. The molecule has 0 unspecified atom stereocenters. The molecule has 0 aliphatic heterocycles. The normalized spacial score (nSPS) is 11.0. The molecular weight excluding hydrogens is 450 g/mol. The molecule has 0 fully saturated rings. The van der Waals surface area contributed by atoms with Crippen LogP contribution in [0.25, 0.3) is 0 Å². The number of nitrogens with one attached hydrogen (secondary N) is 2. The van der Waals surface area contributed by atoms with Crippen LogP contribution in [0.1, 0.15) is 31.9 Å². The number of methoxy groups -OCH3 is 1. The maximum atomic E-state index is 13.1. The number of sulfonamides is 1. The number of carbonyl (C=O) groups is 1. The molecule has 2 heterocycles. The number of amides is 1. The van der Waals surface area contributed by atoms with Crippen LogP contribution < -0.4 is 14.8 Å². The van der Waals surface area contributed by atoms with E-state index in [1.54, 1.807) is 0 Å². The van der Waals surface area contributed by atoms with Crippen molar-refractivity contribution in [2.45, 2.75) is 32.1 Å². The van der Waals surface area contributed by atoms with Gasteiger partial charge in [-0.2, -0.15) is 5.26 Å². The Morgan fingerprint density at radius 2 is 1.94 bits per heavy atom. The molecule has 0 aliphatic carbocycles. The van der Waals surface area contributed by atoms with Gasteiger partial charge in [-0.3, -0.25) is 9.52 Å². The summed E-state index contributed by atoms with van der Waals surface area (Å²) in [6.45, 7) is 5.59. The van der Waals surface area contributed by atoms with Gasteiger partial charge in [-0.15, -0.1) is 11.3 Å². The first-order chi connectivity index (χ1) is 15.2. The number of thiophene rings is 1. The van der Waals surface area contributed by atoms with Crippen molar-refractivity contribution in [1.82, 2.24) is 9.97 Å². The molecule has 1 aromatic carbocycles. The summed E-state index contributed by atoms with van der Waals surface area (Å²) in [7, 11) is -2.79. The van der Waals surface area contributed by atoms with E-state index in [9.17, 15) is 13.2 Å². The highest BCUT2D eigenvalue weighted by atomic mass is 32.2. The minimum absolute atomic E-state index is 0.00762. The molecule has 2 N–H and O–H groups in total. The lowest BCUT2D eigenvalue weighted by Gasteiger charge is -2.17. The van der Waals surface area contributed by atoms with Crippen LogP contribution in [0.3, 0.4) is 0 Å². The quantitative estimate of drug-likeness (QED) is 0.538. The Kier molecular flexibility index (Phi) is 6.76. The van der Waals surface area contributed by atoms with Gasteiger partial charge in [0.2, 0.25) is 5.82 Å². The zero-order valence-corrected chi connectivity index (χ0v) is 19.5. The molecule has 0 saturated heterocycles. The lowest BCUT2D eigenvalue weighted by Crippen LogP contribution is -2.20. The number of benzene rings is 1. The van der Waals surface area contributed by atoms with Crippen molar-refractivity contribution in [3.05, 3.63) is 57.0 Å². The molecule has 0 saturated carbocycles. The van der Waals surface area contributed by atoms with Crippen LogP contribution in [-0.2, 0) is 16.4 Å². The number of carbonyl (C=O) groups excluding carboxylic acids is 1. The molecule has 2 aromatic heterocycles. The standard InChI is InChI=1S/C21H21N5O4S2/c1-12-11-13(2)17(14(3)15(12)5-7-22)25-20(27)18-16(6-10-31-18)32(28,29)26-19-21(30-4)24-9-8-23-19/h6,8-11H,5H2,1-4H3,(H,23,26)(H,25,27). The Bertz CT molecular complexity index is 1330. The number of anilines is 2. The minimum Gasteiger partial charge on any atom is -0.478 e. The van der Waals surface area contributed by atoms with Gasteiger partial charge in [0.15, 0.2) is 0 Å². The van der Waals surface area contributed by atoms with Gasteiger partial charge in [0.05, 0.1) is 19.6 Å². The smallest absolute Gasteiger partial charge is 0.267 e. The molecule has 9 nitrogen and oxygen atoms in total. The highest BCUT2D eigenvalue weighted by Gasteiger charge is 2.26. The lowest BCUT2D eigenvalue weighted by molar-refractivity contribution is 0.102. The van der Waals surface area contributed by atoms with E-state index in [0.29, 0.717) is 5.69 Å². The molecule has 1 amide bonds. The summed E-state index contributed by atoms with van der Waals surface area (Å²) >= 11 is 1.00. The highest BCUT2D eigenvalue weighted by Crippen LogP contribution is 2.30. The van der Waals surface area contributed by atoms with Crippen molar-refractivity contribution < 1.29 is 17.9 Å². The number of hydrogen-bond donors (Lipinski definition) is 2. The van der Waals surface area contributed by atoms with Crippen LogP contribution in [0.2, 0.25) is 0 Å².